The number of carbonyl (C=O) groups excluding carboxylic acids is 1. The molecule has 2 heterocycles. The average molecular weight is 318 g/mol. The third-order valence-electron chi connectivity index (χ3n) is 3.50. The first-order chi connectivity index (χ1) is 11.7. The van der Waals surface area contributed by atoms with Gasteiger partial charge in [-0.05, 0) is 37.3 Å². The molecule has 3 aromatic rings. The van der Waals surface area contributed by atoms with Gasteiger partial charge >= 0.3 is 0 Å². The number of nitrogens with zero attached hydrogens (tertiary/aromatic N) is 2. The first kappa shape index (κ1) is 15.7. The molecule has 0 saturated heterocycles. The molecule has 1 amide bonds. The SMILES string of the molecule is Cc1ccc(Nc2cncc(C(=O)NCc3ccccn3)c2)cc1. The Hall–Kier alpha value is -3.21. The number of pyridine rings is 2. The highest BCUT2D eigenvalue weighted by Crippen LogP contribution is 2.17. The van der Waals surface area contributed by atoms with Crippen molar-refractivity contribution in [3.8, 4) is 0 Å². The lowest BCUT2D eigenvalue weighted by Gasteiger charge is -2.09. The van der Waals surface area contributed by atoms with E-state index in [2.05, 4.69) is 20.6 Å². The summed E-state index contributed by atoms with van der Waals surface area (Å²) >= 11 is 0. The fourth-order valence-electron chi connectivity index (χ4n) is 2.21. The first-order valence-corrected chi connectivity index (χ1v) is 7.67. The molecule has 2 aromatic heterocycles. The van der Waals surface area contributed by atoms with Crippen LogP contribution in [0.2, 0.25) is 0 Å². The molecule has 0 fully saturated rings. The fourth-order valence-corrected chi connectivity index (χ4v) is 2.21. The summed E-state index contributed by atoms with van der Waals surface area (Å²) < 4.78 is 0. The van der Waals surface area contributed by atoms with Gasteiger partial charge in [0.25, 0.3) is 5.91 Å². The second kappa shape index (κ2) is 7.37. The van der Waals surface area contributed by atoms with E-state index in [1.165, 1.54) is 5.56 Å². The Morgan fingerprint density at radius 2 is 1.88 bits per heavy atom. The lowest BCUT2D eigenvalue weighted by Crippen LogP contribution is -2.23. The molecule has 0 atom stereocenters. The van der Waals surface area contributed by atoms with Crippen molar-refractivity contribution in [1.82, 2.24) is 15.3 Å². The Balaban J connectivity index is 1.65. The van der Waals surface area contributed by atoms with Crippen molar-refractivity contribution in [2.24, 2.45) is 0 Å². The van der Waals surface area contributed by atoms with Gasteiger partial charge in [-0.2, -0.15) is 0 Å². The molecule has 0 bridgehead atoms. The van der Waals surface area contributed by atoms with Gasteiger partial charge in [0.2, 0.25) is 0 Å². The smallest absolute Gasteiger partial charge is 0.253 e. The van der Waals surface area contributed by atoms with E-state index in [-0.39, 0.29) is 5.91 Å². The molecular formula is C19H18N4O. The molecule has 0 aliphatic carbocycles. The minimum absolute atomic E-state index is 0.180. The number of amides is 1. The van der Waals surface area contributed by atoms with Gasteiger partial charge in [-0.15, -0.1) is 0 Å². The Labute approximate surface area is 140 Å². The van der Waals surface area contributed by atoms with E-state index in [0.29, 0.717) is 12.1 Å². The fraction of sp³-hybridized carbons (Fsp3) is 0.105. The largest absolute Gasteiger partial charge is 0.354 e. The van der Waals surface area contributed by atoms with Gasteiger partial charge in [0.1, 0.15) is 0 Å². The molecule has 0 saturated carbocycles. The number of aryl methyl sites for hydroxylation is 1. The Morgan fingerprint density at radius 3 is 2.62 bits per heavy atom. The number of hydrogen-bond donors (Lipinski definition) is 2. The predicted octanol–water partition coefficient (Wildman–Crippen LogP) is 3.46. The zero-order valence-electron chi connectivity index (χ0n) is 13.4. The van der Waals surface area contributed by atoms with Crippen LogP contribution >= 0.6 is 0 Å². The number of anilines is 2. The van der Waals surface area contributed by atoms with Crippen molar-refractivity contribution < 1.29 is 4.79 Å². The van der Waals surface area contributed by atoms with Crippen LogP contribution in [-0.2, 0) is 6.54 Å². The van der Waals surface area contributed by atoms with Crippen molar-refractivity contribution in [3.05, 3.63) is 83.9 Å². The van der Waals surface area contributed by atoms with Crippen molar-refractivity contribution in [2.45, 2.75) is 13.5 Å². The lowest BCUT2D eigenvalue weighted by molar-refractivity contribution is 0.0950. The Morgan fingerprint density at radius 1 is 1.04 bits per heavy atom. The standard InChI is InChI=1S/C19H18N4O/c1-14-5-7-16(8-6-14)23-18-10-15(11-20-12-18)19(24)22-13-17-4-2-3-9-21-17/h2-12,23H,13H2,1H3,(H,22,24). The minimum Gasteiger partial charge on any atom is -0.354 e. The highest BCUT2D eigenvalue weighted by Gasteiger charge is 2.07. The highest BCUT2D eigenvalue weighted by molar-refractivity contribution is 5.94. The Kier molecular flexibility index (Phi) is 4.81. The van der Waals surface area contributed by atoms with Gasteiger partial charge in [0.15, 0.2) is 0 Å². The average Bonchev–Trinajstić information content (AvgIpc) is 2.63. The van der Waals surface area contributed by atoms with E-state index in [1.807, 2.05) is 49.4 Å². The maximum Gasteiger partial charge on any atom is 0.253 e. The van der Waals surface area contributed by atoms with Gasteiger partial charge in [-0.25, -0.2) is 0 Å². The first-order valence-electron chi connectivity index (χ1n) is 7.67. The normalized spacial score (nSPS) is 10.2. The van der Waals surface area contributed by atoms with Gasteiger partial charge in [0, 0.05) is 18.1 Å². The van der Waals surface area contributed by atoms with E-state index < -0.39 is 0 Å². The van der Waals surface area contributed by atoms with Crippen LogP contribution in [0.4, 0.5) is 11.4 Å². The molecule has 5 heteroatoms. The third-order valence-corrected chi connectivity index (χ3v) is 3.50. The molecule has 0 unspecified atom stereocenters. The highest BCUT2D eigenvalue weighted by atomic mass is 16.1. The van der Waals surface area contributed by atoms with Crippen molar-refractivity contribution in [3.63, 3.8) is 0 Å². The summed E-state index contributed by atoms with van der Waals surface area (Å²) in [5.74, 6) is -0.180. The number of carbonyl (C=O) groups is 1. The maximum absolute atomic E-state index is 12.3. The summed E-state index contributed by atoms with van der Waals surface area (Å²) in [6.45, 7) is 2.42. The second-order valence-corrected chi connectivity index (χ2v) is 5.46. The van der Waals surface area contributed by atoms with Gasteiger partial charge in [0.05, 0.1) is 29.7 Å². The molecule has 24 heavy (non-hydrogen) atoms. The number of benzene rings is 1. The summed E-state index contributed by atoms with van der Waals surface area (Å²) in [4.78, 5) is 20.6. The number of rotatable bonds is 5. The summed E-state index contributed by atoms with van der Waals surface area (Å²) in [6, 6.07) is 15.4. The lowest BCUT2D eigenvalue weighted by atomic mass is 10.2. The van der Waals surface area contributed by atoms with Gasteiger partial charge in [-0.1, -0.05) is 23.8 Å². The number of nitrogens with one attached hydrogen (secondary N) is 2. The topological polar surface area (TPSA) is 66.9 Å². The van der Waals surface area contributed by atoms with Crippen LogP contribution < -0.4 is 10.6 Å². The molecule has 5 nitrogen and oxygen atoms in total. The third kappa shape index (κ3) is 4.16. The molecular weight excluding hydrogens is 300 g/mol. The van der Waals surface area contributed by atoms with Crippen molar-refractivity contribution >= 4 is 17.3 Å². The summed E-state index contributed by atoms with van der Waals surface area (Å²) in [5.41, 5.74) is 4.23. The van der Waals surface area contributed by atoms with E-state index >= 15 is 0 Å². The van der Waals surface area contributed by atoms with Crippen LogP contribution in [0.5, 0.6) is 0 Å². The zero-order valence-corrected chi connectivity index (χ0v) is 13.4. The van der Waals surface area contributed by atoms with E-state index in [4.69, 9.17) is 0 Å². The van der Waals surface area contributed by atoms with Crippen molar-refractivity contribution in [1.29, 1.82) is 0 Å². The van der Waals surface area contributed by atoms with E-state index in [1.54, 1.807) is 24.7 Å². The van der Waals surface area contributed by atoms with Crippen LogP contribution in [0.3, 0.4) is 0 Å². The quantitative estimate of drug-likeness (QED) is 0.756. The maximum atomic E-state index is 12.3. The van der Waals surface area contributed by atoms with Crippen LogP contribution in [0.15, 0.2) is 67.1 Å². The molecule has 1 aromatic carbocycles. The van der Waals surface area contributed by atoms with E-state index in [0.717, 1.165) is 17.1 Å². The minimum atomic E-state index is -0.180. The van der Waals surface area contributed by atoms with Gasteiger partial charge < -0.3 is 10.6 Å². The van der Waals surface area contributed by atoms with Crippen LogP contribution in [0, 0.1) is 6.92 Å². The zero-order chi connectivity index (χ0) is 16.8. The van der Waals surface area contributed by atoms with Crippen LogP contribution in [0.25, 0.3) is 0 Å². The van der Waals surface area contributed by atoms with Crippen LogP contribution in [0.1, 0.15) is 21.6 Å². The molecule has 0 aliphatic rings. The monoisotopic (exact) mass is 318 g/mol. The predicted molar refractivity (Wildman–Crippen MR) is 94.1 cm³/mol. The number of aromatic nitrogens is 2. The van der Waals surface area contributed by atoms with Crippen LogP contribution in [-0.4, -0.2) is 15.9 Å². The number of hydrogen-bond acceptors (Lipinski definition) is 4. The summed E-state index contributed by atoms with van der Waals surface area (Å²) in [6.07, 6.45) is 4.94. The second-order valence-electron chi connectivity index (χ2n) is 5.46. The summed E-state index contributed by atoms with van der Waals surface area (Å²) in [5, 5.41) is 6.09. The van der Waals surface area contributed by atoms with Crippen molar-refractivity contribution in [2.75, 3.05) is 5.32 Å². The molecule has 0 radical (unpaired) electrons. The van der Waals surface area contributed by atoms with Gasteiger partial charge in [-0.3, -0.25) is 14.8 Å². The molecule has 2 N–H and O–H groups in total. The molecule has 0 aliphatic heterocycles. The Bertz CT molecular complexity index is 816. The van der Waals surface area contributed by atoms with E-state index in [9.17, 15) is 4.79 Å². The molecule has 0 spiro atoms. The molecule has 120 valence electrons. The summed E-state index contributed by atoms with van der Waals surface area (Å²) in [7, 11) is 0. The molecule has 3 rings (SSSR count).